The van der Waals surface area contributed by atoms with E-state index in [-0.39, 0.29) is 11.9 Å². The first kappa shape index (κ1) is 21.1. The number of quaternary nitrogens is 2. The van der Waals surface area contributed by atoms with Crippen molar-refractivity contribution >= 4 is 11.6 Å². The summed E-state index contributed by atoms with van der Waals surface area (Å²) in [4.78, 5) is 18.0. The van der Waals surface area contributed by atoms with E-state index in [9.17, 15) is 4.79 Å². The molecule has 156 valence electrons. The second-order valence-electron chi connectivity index (χ2n) is 8.10. The zero-order chi connectivity index (χ0) is 20.8. The molecule has 0 aliphatic carbocycles. The number of likely N-dealkylation sites (N-methyl/N-ethyl adjacent to an activating group) is 1. The van der Waals surface area contributed by atoms with E-state index in [2.05, 4.69) is 55.6 Å². The van der Waals surface area contributed by atoms with Crippen LogP contribution in [0, 0.1) is 0 Å². The second-order valence-corrected chi connectivity index (χ2v) is 8.10. The molecule has 2 aromatic carbocycles. The van der Waals surface area contributed by atoms with Crippen molar-refractivity contribution in [3.05, 3.63) is 59.7 Å². The molecule has 6 nitrogen and oxygen atoms in total. The summed E-state index contributed by atoms with van der Waals surface area (Å²) in [5, 5.41) is 3.16. The summed E-state index contributed by atoms with van der Waals surface area (Å²) < 4.78 is 5.25. The maximum absolute atomic E-state index is 12.7. The molecule has 0 bridgehead atoms. The Balaban J connectivity index is 1.74. The number of carbonyl (C=O) groups is 1. The minimum atomic E-state index is -0.0574. The molecule has 1 amide bonds. The fraction of sp³-hybridized carbons (Fsp3) is 0.435. The van der Waals surface area contributed by atoms with Crippen molar-refractivity contribution in [3.63, 3.8) is 0 Å². The average molecular weight is 399 g/mol. The number of hydrogen-bond acceptors (Lipinski definition) is 3. The summed E-state index contributed by atoms with van der Waals surface area (Å²) in [5.74, 6) is 0.638. The Labute approximate surface area is 174 Å². The smallest absolute Gasteiger partial charge is 0.251 e. The van der Waals surface area contributed by atoms with Gasteiger partial charge in [-0.05, 0) is 30.3 Å². The molecule has 3 N–H and O–H groups in total. The number of anilines is 1. The molecule has 0 spiro atoms. The van der Waals surface area contributed by atoms with Crippen LogP contribution in [0.2, 0.25) is 0 Å². The molecule has 6 heteroatoms. The molecule has 1 heterocycles. The summed E-state index contributed by atoms with van der Waals surface area (Å²) >= 11 is 0. The van der Waals surface area contributed by atoms with E-state index in [1.807, 2.05) is 18.2 Å². The molecule has 0 radical (unpaired) electrons. The van der Waals surface area contributed by atoms with Crippen LogP contribution in [0.15, 0.2) is 48.5 Å². The van der Waals surface area contributed by atoms with Crippen LogP contribution in [0.1, 0.15) is 22.0 Å². The Morgan fingerprint density at radius 1 is 1.10 bits per heavy atom. The summed E-state index contributed by atoms with van der Waals surface area (Å²) in [6, 6.07) is 16.3. The molecule has 1 saturated heterocycles. The molecular formula is C23H34N4O2+2. The molecule has 29 heavy (non-hydrogen) atoms. The SMILES string of the molecule is COc1cccc(C(=O)NC[C@H](c2ccc(N(C)C)cc2)[NH+]2CC[NH+](C)CC2)c1. The van der Waals surface area contributed by atoms with Crippen LogP contribution < -0.4 is 24.8 Å². The Morgan fingerprint density at radius 3 is 2.41 bits per heavy atom. The van der Waals surface area contributed by atoms with Crippen LogP contribution in [0.25, 0.3) is 0 Å². The van der Waals surface area contributed by atoms with Crippen LogP contribution in [0.4, 0.5) is 5.69 Å². The Hall–Kier alpha value is -2.57. The topological polar surface area (TPSA) is 50.4 Å². The standard InChI is InChI=1S/C23H32N4O2/c1-25(2)20-10-8-18(9-11-20)22(27-14-12-26(3)13-15-27)17-24-23(28)19-6-5-7-21(16-19)29-4/h5-11,16,22H,12-15,17H2,1-4H3,(H,24,28)/p+2/t22-/m1/s1. The van der Waals surface area contributed by atoms with Gasteiger partial charge in [0, 0.05) is 30.9 Å². The molecule has 0 saturated carbocycles. The maximum atomic E-state index is 12.7. The Kier molecular flexibility index (Phi) is 7.12. The summed E-state index contributed by atoms with van der Waals surface area (Å²) in [7, 11) is 7.97. The van der Waals surface area contributed by atoms with Crippen molar-refractivity contribution < 1.29 is 19.3 Å². The maximum Gasteiger partial charge on any atom is 0.251 e. The first-order chi connectivity index (χ1) is 14.0. The van der Waals surface area contributed by atoms with E-state index in [0.717, 1.165) is 26.2 Å². The van der Waals surface area contributed by atoms with E-state index in [4.69, 9.17) is 4.74 Å². The lowest BCUT2D eigenvalue weighted by Crippen LogP contribution is -3.27. The predicted octanol–water partition coefficient (Wildman–Crippen LogP) is -0.354. The largest absolute Gasteiger partial charge is 0.497 e. The second kappa shape index (κ2) is 9.76. The van der Waals surface area contributed by atoms with E-state index < -0.39 is 0 Å². The number of hydrogen-bond donors (Lipinski definition) is 3. The molecule has 1 aliphatic rings. The fourth-order valence-electron chi connectivity index (χ4n) is 3.91. The van der Waals surface area contributed by atoms with Crippen LogP contribution in [-0.2, 0) is 0 Å². The number of piperazine rings is 1. The normalized spacial score (nSPS) is 20.0. The quantitative estimate of drug-likeness (QED) is 0.597. The molecule has 1 atom stereocenters. The highest BCUT2D eigenvalue weighted by atomic mass is 16.5. The molecule has 1 fully saturated rings. The van der Waals surface area contributed by atoms with Crippen molar-refractivity contribution in [1.82, 2.24) is 5.32 Å². The van der Waals surface area contributed by atoms with E-state index in [1.54, 1.807) is 23.0 Å². The van der Waals surface area contributed by atoms with Crippen molar-refractivity contribution in [2.75, 3.05) is 65.9 Å². The fourth-order valence-corrected chi connectivity index (χ4v) is 3.91. The number of nitrogens with one attached hydrogen (secondary N) is 3. The van der Waals surface area contributed by atoms with Gasteiger partial charge in [-0.3, -0.25) is 4.79 Å². The van der Waals surface area contributed by atoms with Crippen LogP contribution in [0.3, 0.4) is 0 Å². The summed E-state index contributed by atoms with van der Waals surface area (Å²) in [5.41, 5.74) is 3.09. The lowest BCUT2D eigenvalue weighted by Gasteiger charge is -2.33. The van der Waals surface area contributed by atoms with Gasteiger partial charge in [-0.1, -0.05) is 18.2 Å². The van der Waals surface area contributed by atoms with Gasteiger partial charge in [0.25, 0.3) is 5.91 Å². The number of rotatable bonds is 7. The number of carbonyl (C=O) groups excluding carboxylic acids is 1. The molecular weight excluding hydrogens is 364 g/mol. The third kappa shape index (κ3) is 5.49. The van der Waals surface area contributed by atoms with Crippen molar-refractivity contribution in [3.8, 4) is 5.75 Å². The van der Waals surface area contributed by atoms with E-state index >= 15 is 0 Å². The van der Waals surface area contributed by atoms with Crippen molar-refractivity contribution in [1.29, 1.82) is 0 Å². The van der Waals surface area contributed by atoms with Crippen molar-refractivity contribution in [2.24, 2.45) is 0 Å². The van der Waals surface area contributed by atoms with Gasteiger partial charge in [0.1, 0.15) is 38.0 Å². The minimum Gasteiger partial charge on any atom is -0.497 e. The number of amides is 1. The highest BCUT2D eigenvalue weighted by Gasteiger charge is 2.29. The zero-order valence-electron chi connectivity index (χ0n) is 18.0. The number of nitrogens with zero attached hydrogens (tertiary/aromatic N) is 1. The first-order valence-electron chi connectivity index (χ1n) is 10.3. The van der Waals surface area contributed by atoms with Crippen molar-refractivity contribution in [2.45, 2.75) is 6.04 Å². The minimum absolute atomic E-state index is 0.0574. The van der Waals surface area contributed by atoms with Gasteiger partial charge in [0.2, 0.25) is 0 Å². The van der Waals surface area contributed by atoms with E-state index in [1.165, 1.54) is 11.3 Å². The zero-order valence-corrected chi connectivity index (χ0v) is 18.0. The van der Waals surface area contributed by atoms with Crippen LogP contribution in [0.5, 0.6) is 5.75 Å². The van der Waals surface area contributed by atoms with Gasteiger partial charge < -0.3 is 24.8 Å². The van der Waals surface area contributed by atoms with Crippen LogP contribution >= 0.6 is 0 Å². The summed E-state index contributed by atoms with van der Waals surface area (Å²) in [6.07, 6.45) is 0. The predicted molar refractivity (Wildman–Crippen MR) is 116 cm³/mol. The Morgan fingerprint density at radius 2 is 1.79 bits per heavy atom. The highest BCUT2D eigenvalue weighted by molar-refractivity contribution is 5.94. The monoisotopic (exact) mass is 398 g/mol. The number of benzene rings is 2. The lowest BCUT2D eigenvalue weighted by atomic mass is 10.0. The average Bonchev–Trinajstić information content (AvgIpc) is 2.75. The molecule has 0 aromatic heterocycles. The van der Waals surface area contributed by atoms with E-state index in [0.29, 0.717) is 17.9 Å². The van der Waals surface area contributed by atoms with Gasteiger partial charge >= 0.3 is 0 Å². The van der Waals surface area contributed by atoms with Crippen LogP contribution in [-0.4, -0.2) is 66.9 Å². The lowest BCUT2D eigenvalue weighted by molar-refractivity contribution is -1.02. The highest BCUT2D eigenvalue weighted by Crippen LogP contribution is 2.17. The molecule has 3 rings (SSSR count). The first-order valence-corrected chi connectivity index (χ1v) is 10.3. The third-order valence-corrected chi connectivity index (χ3v) is 5.85. The Bertz CT molecular complexity index is 799. The molecule has 0 unspecified atom stereocenters. The van der Waals surface area contributed by atoms with Gasteiger partial charge in [-0.2, -0.15) is 0 Å². The van der Waals surface area contributed by atoms with Gasteiger partial charge in [-0.15, -0.1) is 0 Å². The number of methoxy groups -OCH3 is 1. The van der Waals surface area contributed by atoms with Gasteiger partial charge in [0.05, 0.1) is 20.7 Å². The third-order valence-electron chi connectivity index (χ3n) is 5.85. The number of ether oxygens (including phenoxy) is 1. The molecule has 2 aromatic rings. The summed E-state index contributed by atoms with van der Waals surface area (Å²) in [6.45, 7) is 5.16. The van der Waals surface area contributed by atoms with Gasteiger partial charge in [0.15, 0.2) is 0 Å². The molecule has 1 aliphatic heterocycles. The van der Waals surface area contributed by atoms with Gasteiger partial charge in [-0.25, -0.2) is 0 Å².